The molecule has 1 heterocycles. The molecule has 0 saturated heterocycles. The van der Waals surface area contributed by atoms with Crippen molar-refractivity contribution in [1.82, 2.24) is 0 Å². The molecule has 0 aliphatic heterocycles. The first kappa shape index (κ1) is 13.6. The number of allylic oxidation sites excluding steroid dienone is 2. The molecule has 1 aromatic carbocycles. The lowest BCUT2D eigenvalue weighted by molar-refractivity contribution is 1.16. The maximum absolute atomic E-state index is 7.10. The number of hydrogen-bond donors (Lipinski definition) is 1. The first-order chi connectivity index (χ1) is 9.11. The van der Waals surface area contributed by atoms with Crippen LogP contribution in [0.2, 0.25) is 0 Å². The van der Waals surface area contributed by atoms with Crippen LogP contribution in [0, 0.1) is 5.41 Å². The molecule has 0 saturated carbocycles. The molecule has 1 N–H and O–H groups in total. The molecule has 2 aromatic rings. The average Bonchev–Trinajstić information content (AvgIpc) is 2.89. The molecule has 98 valence electrons. The molecule has 2 nitrogen and oxygen atoms in total. The molecule has 0 atom stereocenters. The lowest BCUT2D eigenvalue weighted by atomic mass is 10.0. The van der Waals surface area contributed by atoms with E-state index < -0.39 is 0 Å². The minimum absolute atomic E-state index is 1.11. The minimum atomic E-state index is 1.11. The maximum atomic E-state index is 7.10. The Labute approximate surface area is 118 Å². The molecule has 19 heavy (non-hydrogen) atoms. The Balaban J connectivity index is 2.27. The van der Waals surface area contributed by atoms with Crippen molar-refractivity contribution < 1.29 is 0 Å². The third kappa shape index (κ3) is 3.12. The van der Waals surface area contributed by atoms with Gasteiger partial charge in [0.2, 0.25) is 0 Å². The molecular weight excluding hydrogens is 252 g/mol. The van der Waals surface area contributed by atoms with Crippen LogP contribution in [0.5, 0.6) is 0 Å². The van der Waals surface area contributed by atoms with Crippen LogP contribution < -0.4 is 4.90 Å². The first-order valence-electron chi connectivity index (χ1n) is 6.17. The first-order valence-corrected chi connectivity index (χ1v) is 6.99. The van der Waals surface area contributed by atoms with Crippen molar-refractivity contribution >= 4 is 28.1 Å². The smallest absolute Gasteiger partial charge is 0.0909 e. The van der Waals surface area contributed by atoms with Crippen LogP contribution >= 0.6 is 11.3 Å². The van der Waals surface area contributed by atoms with Crippen molar-refractivity contribution in [3.8, 4) is 10.4 Å². The van der Waals surface area contributed by atoms with Crippen LogP contribution in [0.25, 0.3) is 16.0 Å². The molecule has 0 fully saturated rings. The second-order valence-electron chi connectivity index (χ2n) is 4.63. The van der Waals surface area contributed by atoms with Crippen molar-refractivity contribution in [3.63, 3.8) is 0 Å². The standard InChI is InChI=1S/C16H18N2S/c1-12(10-11-17)13-4-6-14(7-5-13)15-8-9-16(19-15)18(2)3/h4-11,17H,1-3H3/b12-10+,17-11?. The summed E-state index contributed by atoms with van der Waals surface area (Å²) in [5.74, 6) is 0. The van der Waals surface area contributed by atoms with Gasteiger partial charge in [-0.3, -0.25) is 0 Å². The van der Waals surface area contributed by atoms with E-state index in [1.807, 2.05) is 13.0 Å². The quantitative estimate of drug-likeness (QED) is 0.812. The van der Waals surface area contributed by atoms with Gasteiger partial charge in [-0.15, -0.1) is 11.3 Å². The molecule has 0 unspecified atom stereocenters. The summed E-state index contributed by atoms with van der Waals surface area (Å²) in [4.78, 5) is 3.41. The molecule has 3 heteroatoms. The van der Waals surface area contributed by atoms with Gasteiger partial charge in [0.25, 0.3) is 0 Å². The van der Waals surface area contributed by atoms with Crippen LogP contribution in [0.4, 0.5) is 5.00 Å². The molecule has 0 spiro atoms. The monoisotopic (exact) mass is 270 g/mol. The number of nitrogens with zero attached hydrogens (tertiary/aromatic N) is 1. The lowest BCUT2D eigenvalue weighted by Gasteiger charge is -2.07. The van der Waals surface area contributed by atoms with Gasteiger partial charge in [-0.25, -0.2) is 0 Å². The fourth-order valence-electron chi connectivity index (χ4n) is 1.84. The van der Waals surface area contributed by atoms with Crippen molar-refractivity contribution in [3.05, 3.63) is 48.0 Å². The summed E-state index contributed by atoms with van der Waals surface area (Å²) in [6.07, 6.45) is 3.14. The highest BCUT2D eigenvalue weighted by atomic mass is 32.1. The summed E-state index contributed by atoms with van der Waals surface area (Å²) in [7, 11) is 4.12. The van der Waals surface area contributed by atoms with Crippen molar-refractivity contribution in [1.29, 1.82) is 5.41 Å². The third-order valence-corrected chi connectivity index (χ3v) is 4.29. The predicted molar refractivity (Wildman–Crippen MR) is 86.5 cm³/mol. The fourth-order valence-corrected chi connectivity index (χ4v) is 2.78. The van der Waals surface area contributed by atoms with E-state index in [2.05, 4.69) is 55.4 Å². The van der Waals surface area contributed by atoms with Gasteiger partial charge in [0.1, 0.15) is 0 Å². The summed E-state index contributed by atoms with van der Waals surface area (Å²) < 4.78 is 0. The number of nitrogens with one attached hydrogen (secondary N) is 1. The van der Waals surface area contributed by atoms with E-state index in [4.69, 9.17) is 5.41 Å². The molecule has 0 aliphatic carbocycles. The van der Waals surface area contributed by atoms with Crippen LogP contribution in [0.3, 0.4) is 0 Å². The second-order valence-corrected chi connectivity index (χ2v) is 5.69. The largest absolute Gasteiger partial charge is 0.370 e. The van der Waals surface area contributed by atoms with Gasteiger partial charge in [-0.05, 0) is 41.8 Å². The van der Waals surface area contributed by atoms with Gasteiger partial charge in [0.05, 0.1) is 5.00 Å². The van der Waals surface area contributed by atoms with E-state index in [-0.39, 0.29) is 0 Å². The number of hydrogen-bond acceptors (Lipinski definition) is 3. The average molecular weight is 270 g/mol. The van der Waals surface area contributed by atoms with E-state index in [0.717, 1.165) is 11.1 Å². The van der Waals surface area contributed by atoms with Crippen LogP contribution in [-0.2, 0) is 0 Å². The van der Waals surface area contributed by atoms with Gasteiger partial charge in [0, 0.05) is 25.2 Å². The predicted octanol–water partition coefficient (Wildman–Crippen LogP) is 4.53. The zero-order valence-electron chi connectivity index (χ0n) is 11.5. The number of benzene rings is 1. The van der Waals surface area contributed by atoms with Gasteiger partial charge < -0.3 is 10.3 Å². The Morgan fingerprint density at radius 3 is 2.32 bits per heavy atom. The normalized spacial score (nSPS) is 11.4. The van der Waals surface area contributed by atoms with Crippen molar-refractivity contribution in [2.24, 2.45) is 0 Å². The highest BCUT2D eigenvalue weighted by Gasteiger charge is 2.04. The topological polar surface area (TPSA) is 27.1 Å². The summed E-state index contributed by atoms with van der Waals surface area (Å²) >= 11 is 1.79. The Hall–Kier alpha value is -1.87. The highest BCUT2D eigenvalue weighted by molar-refractivity contribution is 7.19. The van der Waals surface area contributed by atoms with Crippen LogP contribution in [0.1, 0.15) is 12.5 Å². The molecule has 2 rings (SSSR count). The number of anilines is 1. The molecule has 0 aliphatic rings. The second kappa shape index (κ2) is 5.85. The summed E-state index contributed by atoms with van der Waals surface area (Å²) in [6.45, 7) is 2.02. The van der Waals surface area contributed by atoms with Gasteiger partial charge >= 0.3 is 0 Å². The zero-order chi connectivity index (χ0) is 13.8. The number of thiophene rings is 1. The van der Waals surface area contributed by atoms with E-state index in [1.165, 1.54) is 21.7 Å². The van der Waals surface area contributed by atoms with E-state index >= 15 is 0 Å². The van der Waals surface area contributed by atoms with E-state index in [1.54, 1.807) is 11.3 Å². The Morgan fingerprint density at radius 1 is 1.11 bits per heavy atom. The van der Waals surface area contributed by atoms with Crippen molar-refractivity contribution in [2.75, 3.05) is 19.0 Å². The maximum Gasteiger partial charge on any atom is 0.0909 e. The highest BCUT2D eigenvalue weighted by Crippen LogP contribution is 2.33. The van der Waals surface area contributed by atoms with Crippen LogP contribution in [0.15, 0.2) is 42.5 Å². The van der Waals surface area contributed by atoms with Gasteiger partial charge in [-0.1, -0.05) is 24.3 Å². The van der Waals surface area contributed by atoms with Gasteiger partial charge in [0.15, 0.2) is 0 Å². The minimum Gasteiger partial charge on any atom is -0.370 e. The summed E-state index contributed by atoms with van der Waals surface area (Å²) in [5.41, 5.74) is 3.52. The molecule has 0 radical (unpaired) electrons. The molecule has 1 aromatic heterocycles. The van der Waals surface area contributed by atoms with Gasteiger partial charge in [-0.2, -0.15) is 0 Å². The number of rotatable bonds is 4. The SMILES string of the molecule is C/C(=C\C=N)c1ccc(-c2ccc(N(C)C)s2)cc1. The van der Waals surface area contributed by atoms with E-state index in [9.17, 15) is 0 Å². The van der Waals surface area contributed by atoms with E-state index in [0.29, 0.717) is 0 Å². The summed E-state index contributed by atoms with van der Waals surface area (Å²) in [6, 6.07) is 12.8. The lowest BCUT2D eigenvalue weighted by Crippen LogP contribution is -2.05. The Morgan fingerprint density at radius 2 is 1.79 bits per heavy atom. The molecular formula is C16H18N2S. The Kier molecular flexibility index (Phi) is 4.17. The summed E-state index contributed by atoms with van der Waals surface area (Å²) in [5, 5.41) is 8.36. The third-order valence-electron chi connectivity index (χ3n) is 2.99. The van der Waals surface area contributed by atoms with Crippen molar-refractivity contribution in [2.45, 2.75) is 6.92 Å². The molecule has 0 amide bonds. The Bertz CT molecular complexity index is 591. The fraction of sp³-hybridized carbons (Fsp3) is 0.188. The van der Waals surface area contributed by atoms with Crippen LogP contribution in [-0.4, -0.2) is 20.3 Å². The zero-order valence-corrected chi connectivity index (χ0v) is 12.3. The molecule has 0 bridgehead atoms.